The molecule has 2 rings (SSSR count). The zero-order valence-corrected chi connectivity index (χ0v) is 15.9. The maximum absolute atomic E-state index is 12.2. The Kier molecular flexibility index (Phi) is 6.84. The molecule has 0 aliphatic rings. The van der Waals surface area contributed by atoms with Gasteiger partial charge in [-0.25, -0.2) is 0 Å². The highest BCUT2D eigenvalue weighted by Gasteiger charge is 2.12. The second-order valence-corrected chi connectivity index (χ2v) is 6.19. The Morgan fingerprint density at radius 3 is 2.38 bits per heavy atom. The summed E-state index contributed by atoms with van der Waals surface area (Å²) in [4.78, 5) is 14.0. The van der Waals surface area contributed by atoms with E-state index in [0.717, 1.165) is 16.7 Å². The summed E-state index contributed by atoms with van der Waals surface area (Å²) in [7, 11) is 0. The Hall–Kier alpha value is -2.75. The molecule has 1 atom stereocenters. The molecule has 0 bridgehead atoms. The van der Waals surface area contributed by atoms with Crippen LogP contribution in [0.2, 0.25) is 0 Å². The van der Waals surface area contributed by atoms with Crippen molar-refractivity contribution < 1.29 is 14.6 Å². The summed E-state index contributed by atoms with van der Waals surface area (Å²) < 4.78 is 5.88. The van der Waals surface area contributed by atoms with Crippen LogP contribution in [-0.2, 0) is 4.79 Å². The first kappa shape index (κ1) is 19.6. The van der Waals surface area contributed by atoms with Gasteiger partial charge in [0.15, 0.2) is 11.5 Å². The number of ether oxygens (including phenoxy) is 1. The Morgan fingerprint density at radius 2 is 1.81 bits per heavy atom. The molecule has 0 spiro atoms. The Balaban J connectivity index is 2.15. The first-order valence-electron chi connectivity index (χ1n) is 8.98. The molecular weight excluding hydrogens is 326 g/mol. The van der Waals surface area contributed by atoms with E-state index in [1.807, 2.05) is 64.1 Å². The van der Waals surface area contributed by atoms with Crippen molar-refractivity contribution in [2.24, 2.45) is 0 Å². The largest absolute Gasteiger partial charge is 0.504 e. The Labute approximate surface area is 155 Å². The number of allylic oxidation sites excluding steroid dienone is 1. The number of amides is 1. The summed E-state index contributed by atoms with van der Waals surface area (Å²) in [5.74, 6) is 0.464. The van der Waals surface area contributed by atoms with E-state index < -0.39 is 0 Å². The summed E-state index contributed by atoms with van der Waals surface area (Å²) >= 11 is 0. The highest BCUT2D eigenvalue weighted by Crippen LogP contribution is 2.32. The van der Waals surface area contributed by atoms with E-state index in [2.05, 4.69) is 0 Å². The number of carbonyl (C=O) groups is 1. The van der Waals surface area contributed by atoms with Crippen molar-refractivity contribution in [3.63, 3.8) is 0 Å². The first-order chi connectivity index (χ1) is 12.5. The minimum absolute atomic E-state index is 0.0231. The van der Waals surface area contributed by atoms with Crippen molar-refractivity contribution in [3.05, 3.63) is 65.7 Å². The van der Waals surface area contributed by atoms with E-state index >= 15 is 0 Å². The molecule has 0 heterocycles. The van der Waals surface area contributed by atoms with Crippen molar-refractivity contribution in [1.82, 2.24) is 4.90 Å². The topological polar surface area (TPSA) is 49.8 Å². The fourth-order valence-electron chi connectivity index (χ4n) is 2.74. The third kappa shape index (κ3) is 4.88. The molecule has 26 heavy (non-hydrogen) atoms. The molecule has 1 unspecified atom stereocenters. The third-order valence-corrected chi connectivity index (χ3v) is 4.40. The van der Waals surface area contributed by atoms with Gasteiger partial charge in [0.25, 0.3) is 0 Å². The zero-order valence-electron chi connectivity index (χ0n) is 15.9. The van der Waals surface area contributed by atoms with Gasteiger partial charge in [-0.15, -0.1) is 0 Å². The predicted octanol–water partition coefficient (Wildman–Crippen LogP) is 4.80. The first-order valence-corrected chi connectivity index (χ1v) is 8.98. The van der Waals surface area contributed by atoms with Gasteiger partial charge >= 0.3 is 0 Å². The Morgan fingerprint density at radius 1 is 1.15 bits per heavy atom. The molecule has 1 amide bonds. The van der Waals surface area contributed by atoms with Crippen LogP contribution >= 0.6 is 0 Å². The number of phenols is 1. The molecule has 0 radical (unpaired) electrons. The van der Waals surface area contributed by atoms with E-state index in [1.165, 1.54) is 0 Å². The number of nitrogens with zero attached hydrogens (tertiary/aromatic N) is 1. The standard InChI is InChI=1S/C22H27NO3/c1-5-23(6-2)22(25)14-16(3)19-12-13-21(20(24)15-19)26-17(4)18-10-8-7-9-11-18/h7-15,17,24H,5-6H2,1-4H3. The molecule has 0 fully saturated rings. The quantitative estimate of drug-likeness (QED) is 0.727. The summed E-state index contributed by atoms with van der Waals surface area (Å²) in [6.45, 7) is 9.07. The van der Waals surface area contributed by atoms with Crippen molar-refractivity contribution in [2.75, 3.05) is 13.1 Å². The fraction of sp³-hybridized carbons (Fsp3) is 0.318. The summed E-state index contributed by atoms with van der Waals surface area (Å²) in [5.41, 5.74) is 2.64. The van der Waals surface area contributed by atoms with E-state index in [9.17, 15) is 9.90 Å². The number of phenolic OH excluding ortho intramolecular Hbond substituents is 1. The summed E-state index contributed by atoms with van der Waals surface area (Å²) in [6.07, 6.45) is 1.43. The summed E-state index contributed by atoms with van der Waals surface area (Å²) in [5, 5.41) is 10.3. The van der Waals surface area contributed by atoms with Crippen LogP contribution in [0.5, 0.6) is 11.5 Å². The molecule has 4 heteroatoms. The molecule has 0 saturated carbocycles. The van der Waals surface area contributed by atoms with Crippen LogP contribution in [0, 0.1) is 0 Å². The zero-order chi connectivity index (χ0) is 19.1. The van der Waals surface area contributed by atoms with Crippen LogP contribution in [0.3, 0.4) is 0 Å². The molecule has 0 aliphatic carbocycles. The van der Waals surface area contributed by atoms with E-state index in [1.54, 1.807) is 23.1 Å². The van der Waals surface area contributed by atoms with Crippen molar-refractivity contribution in [1.29, 1.82) is 0 Å². The molecule has 2 aromatic carbocycles. The Bertz CT molecular complexity index is 764. The number of likely N-dealkylation sites (N-methyl/N-ethyl adjacent to an activating group) is 1. The lowest BCUT2D eigenvalue weighted by atomic mass is 10.1. The van der Waals surface area contributed by atoms with Gasteiger partial charge in [-0.1, -0.05) is 36.4 Å². The van der Waals surface area contributed by atoms with Crippen molar-refractivity contribution in [2.45, 2.75) is 33.8 Å². The minimum Gasteiger partial charge on any atom is -0.504 e. The molecule has 4 nitrogen and oxygen atoms in total. The molecule has 138 valence electrons. The van der Waals surface area contributed by atoms with Gasteiger partial charge in [0, 0.05) is 19.2 Å². The van der Waals surface area contributed by atoms with Crippen LogP contribution in [0.4, 0.5) is 0 Å². The van der Waals surface area contributed by atoms with Crippen LogP contribution in [0.15, 0.2) is 54.6 Å². The van der Waals surface area contributed by atoms with Gasteiger partial charge in [0.1, 0.15) is 6.10 Å². The second-order valence-electron chi connectivity index (χ2n) is 6.19. The maximum atomic E-state index is 12.2. The predicted molar refractivity (Wildman–Crippen MR) is 105 cm³/mol. The van der Waals surface area contributed by atoms with Crippen molar-refractivity contribution >= 4 is 11.5 Å². The monoisotopic (exact) mass is 353 g/mol. The average molecular weight is 353 g/mol. The number of carbonyl (C=O) groups excluding carboxylic acids is 1. The average Bonchev–Trinajstić information content (AvgIpc) is 2.65. The van der Waals surface area contributed by atoms with Gasteiger partial charge in [0.05, 0.1) is 0 Å². The van der Waals surface area contributed by atoms with E-state index in [-0.39, 0.29) is 17.8 Å². The highest BCUT2D eigenvalue weighted by molar-refractivity contribution is 5.95. The lowest BCUT2D eigenvalue weighted by Gasteiger charge is -2.18. The smallest absolute Gasteiger partial charge is 0.246 e. The van der Waals surface area contributed by atoms with Gasteiger partial charge < -0.3 is 14.7 Å². The maximum Gasteiger partial charge on any atom is 0.246 e. The number of rotatable bonds is 7. The second kappa shape index (κ2) is 9.09. The van der Waals surface area contributed by atoms with Crippen LogP contribution in [0.25, 0.3) is 5.57 Å². The molecule has 0 saturated heterocycles. The molecule has 0 aliphatic heterocycles. The van der Waals surface area contributed by atoms with Crippen LogP contribution in [0.1, 0.15) is 44.9 Å². The van der Waals surface area contributed by atoms with E-state index in [0.29, 0.717) is 18.8 Å². The van der Waals surface area contributed by atoms with Crippen molar-refractivity contribution in [3.8, 4) is 11.5 Å². The number of benzene rings is 2. The van der Waals surface area contributed by atoms with Crippen LogP contribution in [-0.4, -0.2) is 29.0 Å². The van der Waals surface area contributed by atoms with Gasteiger partial charge in [-0.2, -0.15) is 0 Å². The van der Waals surface area contributed by atoms with Gasteiger partial charge in [-0.05, 0) is 56.5 Å². The molecule has 2 aromatic rings. The van der Waals surface area contributed by atoms with E-state index in [4.69, 9.17) is 4.74 Å². The lowest BCUT2D eigenvalue weighted by molar-refractivity contribution is -0.125. The highest BCUT2D eigenvalue weighted by atomic mass is 16.5. The number of hydrogen-bond donors (Lipinski definition) is 1. The minimum atomic E-state index is -0.172. The molecule has 0 aromatic heterocycles. The summed E-state index contributed by atoms with van der Waals surface area (Å²) in [6, 6.07) is 15.1. The normalized spacial score (nSPS) is 12.5. The van der Waals surface area contributed by atoms with Crippen LogP contribution < -0.4 is 4.74 Å². The molecular formula is C22H27NO3. The van der Waals surface area contributed by atoms with Gasteiger partial charge in [0.2, 0.25) is 5.91 Å². The number of hydrogen-bond acceptors (Lipinski definition) is 3. The van der Waals surface area contributed by atoms with Gasteiger partial charge in [-0.3, -0.25) is 4.79 Å². The number of aromatic hydroxyl groups is 1. The molecule has 1 N–H and O–H groups in total. The third-order valence-electron chi connectivity index (χ3n) is 4.40. The fourth-order valence-corrected chi connectivity index (χ4v) is 2.74. The SMILES string of the molecule is CCN(CC)C(=O)C=C(C)c1ccc(OC(C)c2ccccc2)c(O)c1. The lowest BCUT2D eigenvalue weighted by Crippen LogP contribution is -2.28.